The van der Waals surface area contributed by atoms with E-state index in [4.69, 9.17) is 4.74 Å². The third-order valence-corrected chi connectivity index (χ3v) is 5.96. The zero-order valence-corrected chi connectivity index (χ0v) is 19.6. The molecule has 1 atom stereocenters. The van der Waals surface area contributed by atoms with Crippen LogP contribution in [0.2, 0.25) is 0 Å². The predicted molar refractivity (Wildman–Crippen MR) is 127 cm³/mol. The lowest BCUT2D eigenvalue weighted by molar-refractivity contribution is -0.121. The van der Waals surface area contributed by atoms with E-state index in [0.717, 1.165) is 17.4 Å². The normalized spacial score (nSPS) is 15.3. The van der Waals surface area contributed by atoms with Gasteiger partial charge in [0, 0.05) is 24.6 Å². The summed E-state index contributed by atoms with van der Waals surface area (Å²) in [4.78, 5) is 35.9. The Bertz CT molecular complexity index is 1220. The number of nitrogens with zero attached hydrogens (tertiary/aromatic N) is 3. The van der Waals surface area contributed by atoms with E-state index in [2.05, 4.69) is 26.1 Å². The molecule has 0 saturated carbocycles. The van der Waals surface area contributed by atoms with Gasteiger partial charge in [-0.3, -0.25) is 19.5 Å². The summed E-state index contributed by atoms with van der Waals surface area (Å²) in [6.07, 6.45) is 0.358. The van der Waals surface area contributed by atoms with Crippen molar-refractivity contribution in [1.82, 2.24) is 25.4 Å². The van der Waals surface area contributed by atoms with E-state index < -0.39 is 23.8 Å². The molecule has 1 fully saturated rings. The van der Waals surface area contributed by atoms with Crippen molar-refractivity contribution in [2.24, 2.45) is 0 Å². The van der Waals surface area contributed by atoms with Crippen molar-refractivity contribution >= 4 is 35.3 Å². The fraction of sp³-hybridized carbons (Fsp3) is 0.261. The van der Waals surface area contributed by atoms with Crippen molar-refractivity contribution in [3.05, 3.63) is 60.2 Å². The molecule has 0 radical (unpaired) electrons. The summed E-state index contributed by atoms with van der Waals surface area (Å²) in [5.41, 5.74) is 0.815. The van der Waals surface area contributed by atoms with Crippen LogP contribution in [0, 0.1) is 5.82 Å². The minimum atomic E-state index is -0.558. The summed E-state index contributed by atoms with van der Waals surface area (Å²) < 4.78 is 21.1. The lowest BCUT2D eigenvalue weighted by Gasteiger charge is -2.23. The molecule has 0 aliphatic carbocycles. The largest absolute Gasteiger partial charge is 0.494 e. The number of nitrogens with one attached hydrogen (secondary N) is 3. The van der Waals surface area contributed by atoms with Crippen LogP contribution in [0.5, 0.6) is 5.75 Å². The number of rotatable bonds is 9. The lowest BCUT2D eigenvalue weighted by atomic mass is 10.1. The Morgan fingerprint density at radius 2 is 1.97 bits per heavy atom. The molecule has 4 rings (SSSR count). The molecule has 1 saturated heterocycles. The molecule has 182 valence electrons. The number of aromatic nitrogens is 3. The minimum absolute atomic E-state index is 0.0356. The number of anilines is 1. The van der Waals surface area contributed by atoms with Crippen LogP contribution >= 0.6 is 11.8 Å². The second-order valence-electron chi connectivity index (χ2n) is 7.60. The van der Waals surface area contributed by atoms with Crippen molar-refractivity contribution in [2.45, 2.75) is 31.0 Å². The van der Waals surface area contributed by atoms with Gasteiger partial charge >= 0.3 is 6.03 Å². The molecule has 1 aliphatic heterocycles. The number of hydrogen-bond donors (Lipinski definition) is 3. The molecule has 4 amide bonds. The Balaban J connectivity index is 1.55. The number of thioether (sulfide) groups is 1. The molecular formula is C23H23FN6O4S. The fourth-order valence-corrected chi connectivity index (χ4v) is 4.31. The lowest BCUT2D eigenvalue weighted by Crippen LogP contribution is -2.53. The van der Waals surface area contributed by atoms with Gasteiger partial charge in [0.05, 0.1) is 18.0 Å². The Morgan fingerprint density at radius 3 is 2.69 bits per heavy atom. The number of amides is 4. The van der Waals surface area contributed by atoms with Gasteiger partial charge in [0.15, 0.2) is 5.16 Å². The quantitative estimate of drug-likeness (QED) is 0.387. The Kier molecular flexibility index (Phi) is 7.60. The number of halogens is 1. The van der Waals surface area contributed by atoms with E-state index >= 15 is 0 Å². The molecule has 1 unspecified atom stereocenters. The predicted octanol–water partition coefficient (Wildman–Crippen LogP) is 2.68. The maximum Gasteiger partial charge on any atom is 0.321 e. The van der Waals surface area contributed by atoms with Crippen LogP contribution in [0.3, 0.4) is 0 Å². The molecule has 35 heavy (non-hydrogen) atoms. The topological polar surface area (TPSA) is 127 Å². The fourth-order valence-electron chi connectivity index (χ4n) is 3.54. The highest BCUT2D eigenvalue weighted by Gasteiger charge is 2.27. The number of imide groups is 1. The van der Waals surface area contributed by atoms with E-state index in [1.165, 1.54) is 12.1 Å². The van der Waals surface area contributed by atoms with Crippen molar-refractivity contribution in [3.63, 3.8) is 0 Å². The van der Waals surface area contributed by atoms with Gasteiger partial charge in [-0.1, -0.05) is 23.9 Å². The summed E-state index contributed by atoms with van der Waals surface area (Å²) in [6.45, 7) is 2.42. The van der Waals surface area contributed by atoms with Gasteiger partial charge in [-0.2, -0.15) is 0 Å². The number of benzene rings is 2. The number of urea groups is 1. The van der Waals surface area contributed by atoms with Gasteiger partial charge in [-0.05, 0) is 43.3 Å². The van der Waals surface area contributed by atoms with E-state index in [1.54, 1.807) is 28.8 Å². The number of carbonyl (C=O) groups is 3. The summed E-state index contributed by atoms with van der Waals surface area (Å²) in [6, 6.07) is 12.2. The number of ether oxygens (including phenoxy) is 1. The SMILES string of the molecule is CCOc1ccc(-n2c(CC3CC(=O)NC(=O)N3)nnc2SCC(=O)Nc2ccccc2F)cc1. The zero-order valence-electron chi connectivity index (χ0n) is 18.8. The number of hydrogen-bond acceptors (Lipinski definition) is 7. The highest BCUT2D eigenvalue weighted by Crippen LogP contribution is 2.25. The van der Waals surface area contributed by atoms with Gasteiger partial charge in [0.25, 0.3) is 0 Å². The standard InChI is InChI=1S/C23H23FN6O4S/c1-2-34-16-9-7-15(8-10-16)30-19(11-14-12-20(31)27-22(33)25-14)28-29-23(30)35-13-21(32)26-18-6-4-3-5-17(18)24/h3-10,14H,2,11-13H2,1H3,(H,26,32)(H2,25,27,31,33). The van der Waals surface area contributed by atoms with E-state index in [0.29, 0.717) is 23.3 Å². The van der Waals surface area contributed by atoms with Gasteiger partial charge in [0.1, 0.15) is 17.4 Å². The Labute approximate surface area is 204 Å². The summed E-state index contributed by atoms with van der Waals surface area (Å²) in [7, 11) is 0. The van der Waals surface area contributed by atoms with Crippen LogP contribution in [-0.2, 0) is 16.0 Å². The first kappa shape index (κ1) is 24.2. The minimum Gasteiger partial charge on any atom is -0.494 e. The maximum atomic E-state index is 13.9. The average Bonchev–Trinajstić information content (AvgIpc) is 3.21. The number of carbonyl (C=O) groups excluding carboxylic acids is 3. The highest BCUT2D eigenvalue weighted by atomic mass is 32.2. The van der Waals surface area contributed by atoms with Crippen LogP contribution in [0.1, 0.15) is 19.2 Å². The van der Waals surface area contributed by atoms with Crippen LogP contribution < -0.4 is 20.7 Å². The molecule has 1 aliphatic rings. The Morgan fingerprint density at radius 1 is 1.20 bits per heavy atom. The maximum absolute atomic E-state index is 13.9. The number of para-hydroxylation sites is 1. The van der Waals surface area contributed by atoms with E-state index in [9.17, 15) is 18.8 Å². The average molecular weight is 499 g/mol. The van der Waals surface area contributed by atoms with Crippen LogP contribution in [0.25, 0.3) is 5.69 Å². The van der Waals surface area contributed by atoms with Crippen molar-refractivity contribution in [3.8, 4) is 11.4 Å². The Hall–Kier alpha value is -3.93. The van der Waals surface area contributed by atoms with Crippen LogP contribution in [0.15, 0.2) is 53.7 Å². The third-order valence-electron chi connectivity index (χ3n) is 5.04. The highest BCUT2D eigenvalue weighted by molar-refractivity contribution is 7.99. The monoisotopic (exact) mass is 498 g/mol. The molecule has 1 aromatic heterocycles. The molecule has 10 nitrogen and oxygen atoms in total. The van der Waals surface area contributed by atoms with Crippen LogP contribution in [0.4, 0.5) is 14.9 Å². The first-order chi connectivity index (χ1) is 16.9. The van der Waals surface area contributed by atoms with Crippen molar-refractivity contribution < 1.29 is 23.5 Å². The van der Waals surface area contributed by atoms with Crippen molar-refractivity contribution in [2.75, 3.05) is 17.7 Å². The van der Waals surface area contributed by atoms with Crippen molar-refractivity contribution in [1.29, 1.82) is 0 Å². The second kappa shape index (κ2) is 11.0. The summed E-state index contributed by atoms with van der Waals surface area (Å²) in [5, 5.41) is 16.4. The van der Waals surface area contributed by atoms with E-state index in [1.807, 2.05) is 19.1 Å². The third kappa shape index (κ3) is 6.15. The summed E-state index contributed by atoms with van der Waals surface area (Å²) >= 11 is 1.13. The molecule has 0 spiro atoms. The molecule has 3 aromatic rings. The van der Waals surface area contributed by atoms with Crippen LogP contribution in [-0.4, -0.2) is 51.0 Å². The summed E-state index contributed by atoms with van der Waals surface area (Å²) in [5.74, 6) is -0.133. The molecular weight excluding hydrogens is 475 g/mol. The molecule has 2 aromatic carbocycles. The molecule has 2 heterocycles. The molecule has 12 heteroatoms. The van der Waals surface area contributed by atoms with Gasteiger partial charge in [-0.15, -0.1) is 10.2 Å². The van der Waals surface area contributed by atoms with Gasteiger partial charge < -0.3 is 15.4 Å². The second-order valence-corrected chi connectivity index (χ2v) is 8.55. The molecule has 3 N–H and O–H groups in total. The first-order valence-electron chi connectivity index (χ1n) is 10.9. The first-order valence-corrected chi connectivity index (χ1v) is 11.9. The molecule has 0 bridgehead atoms. The zero-order chi connectivity index (χ0) is 24.8. The smallest absolute Gasteiger partial charge is 0.321 e. The van der Waals surface area contributed by atoms with E-state index in [-0.39, 0.29) is 30.2 Å². The van der Waals surface area contributed by atoms with Gasteiger partial charge in [0.2, 0.25) is 11.8 Å². The van der Waals surface area contributed by atoms with Gasteiger partial charge in [-0.25, -0.2) is 9.18 Å².